The number of carbonyl (C=O) groups excluding carboxylic acids is 2. The standard InChI is InChI=1S/C14H12N2O3S/c1-4-7-16-11-6-5-10(13(18)19-3)8-12(11)20-14(16)15-9(2)17/h1,5-6,8H,7H2,2-3H3. The van der Waals surface area contributed by atoms with Crippen LogP contribution in [0.2, 0.25) is 0 Å². The SMILES string of the molecule is C#CCn1c(=NC(C)=O)sc2cc(C(=O)OC)ccc21. The van der Waals surface area contributed by atoms with Crippen LogP contribution in [0.1, 0.15) is 17.3 Å². The number of thiazole rings is 1. The maximum absolute atomic E-state index is 11.5. The first-order chi connectivity index (χ1) is 9.56. The third-order valence-electron chi connectivity index (χ3n) is 2.61. The number of nitrogens with zero attached hydrogens (tertiary/aromatic N) is 2. The van der Waals surface area contributed by atoms with Gasteiger partial charge in [0, 0.05) is 6.92 Å². The lowest BCUT2D eigenvalue weighted by Crippen LogP contribution is -2.15. The molecule has 2 rings (SSSR count). The fraction of sp³-hybridized carbons (Fsp3) is 0.214. The Morgan fingerprint density at radius 1 is 1.50 bits per heavy atom. The average molecular weight is 288 g/mol. The van der Waals surface area contributed by atoms with Gasteiger partial charge in [-0.1, -0.05) is 17.3 Å². The first-order valence-corrected chi connectivity index (χ1v) is 6.59. The number of fused-ring (bicyclic) bond motifs is 1. The minimum atomic E-state index is -0.408. The molecule has 1 aromatic heterocycles. The van der Waals surface area contributed by atoms with Gasteiger partial charge in [0.2, 0.25) is 5.91 Å². The summed E-state index contributed by atoms with van der Waals surface area (Å²) >= 11 is 1.31. The van der Waals surface area contributed by atoms with Crippen LogP contribution in [0.4, 0.5) is 0 Å². The molecule has 0 fully saturated rings. The number of amides is 1. The molecule has 0 aliphatic rings. The van der Waals surface area contributed by atoms with Gasteiger partial charge in [0.05, 0.1) is 29.4 Å². The van der Waals surface area contributed by atoms with Crippen LogP contribution in [0.5, 0.6) is 0 Å². The molecule has 0 bridgehead atoms. The summed E-state index contributed by atoms with van der Waals surface area (Å²) in [7, 11) is 1.33. The van der Waals surface area contributed by atoms with Crippen molar-refractivity contribution in [2.24, 2.45) is 4.99 Å². The molecule has 0 aliphatic heterocycles. The molecule has 5 nitrogen and oxygen atoms in total. The molecule has 1 aromatic carbocycles. The molecule has 6 heteroatoms. The number of esters is 1. The normalized spacial score (nSPS) is 11.3. The van der Waals surface area contributed by atoms with Crippen molar-refractivity contribution >= 4 is 33.4 Å². The predicted molar refractivity (Wildman–Crippen MR) is 76.2 cm³/mol. The minimum absolute atomic E-state index is 0.296. The van der Waals surface area contributed by atoms with Crippen LogP contribution in [0.25, 0.3) is 10.2 Å². The van der Waals surface area contributed by atoms with Crippen molar-refractivity contribution in [1.29, 1.82) is 0 Å². The van der Waals surface area contributed by atoms with E-state index < -0.39 is 5.97 Å². The van der Waals surface area contributed by atoms with Gasteiger partial charge in [-0.2, -0.15) is 4.99 Å². The summed E-state index contributed by atoms with van der Waals surface area (Å²) in [6.45, 7) is 1.69. The molecular weight excluding hydrogens is 276 g/mol. The molecule has 0 aliphatic carbocycles. The Labute approximate surface area is 119 Å². The van der Waals surface area contributed by atoms with E-state index in [0.29, 0.717) is 16.9 Å². The van der Waals surface area contributed by atoms with Crippen LogP contribution in [-0.4, -0.2) is 23.6 Å². The Bertz CT molecular complexity index is 793. The van der Waals surface area contributed by atoms with E-state index >= 15 is 0 Å². The minimum Gasteiger partial charge on any atom is -0.465 e. The highest BCUT2D eigenvalue weighted by Crippen LogP contribution is 2.19. The Morgan fingerprint density at radius 2 is 2.25 bits per heavy atom. The summed E-state index contributed by atoms with van der Waals surface area (Å²) in [6.07, 6.45) is 5.34. The lowest BCUT2D eigenvalue weighted by molar-refractivity contribution is -0.116. The quantitative estimate of drug-likeness (QED) is 0.622. The van der Waals surface area contributed by atoms with Gasteiger partial charge in [-0.15, -0.1) is 6.42 Å². The largest absolute Gasteiger partial charge is 0.465 e. The molecule has 102 valence electrons. The van der Waals surface area contributed by atoms with Gasteiger partial charge in [-0.05, 0) is 18.2 Å². The van der Waals surface area contributed by atoms with Crippen molar-refractivity contribution in [3.63, 3.8) is 0 Å². The molecule has 0 saturated heterocycles. The molecular formula is C14H12N2O3S. The zero-order valence-electron chi connectivity index (χ0n) is 11.0. The van der Waals surface area contributed by atoms with Gasteiger partial charge in [-0.3, -0.25) is 4.79 Å². The highest BCUT2D eigenvalue weighted by Gasteiger charge is 2.10. The van der Waals surface area contributed by atoms with Crippen molar-refractivity contribution in [3.05, 3.63) is 28.6 Å². The Hall–Kier alpha value is -2.39. The third-order valence-corrected chi connectivity index (χ3v) is 3.65. The number of rotatable bonds is 2. The van der Waals surface area contributed by atoms with E-state index in [0.717, 1.165) is 10.2 Å². The van der Waals surface area contributed by atoms with Crippen molar-refractivity contribution in [2.75, 3.05) is 7.11 Å². The Balaban J connectivity index is 2.71. The van der Waals surface area contributed by atoms with E-state index in [-0.39, 0.29) is 5.91 Å². The molecule has 0 saturated carbocycles. The first kappa shape index (κ1) is 14.0. The number of methoxy groups -OCH3 is 1. The summed E-state index contributed by atoms with van der Waals surface area (Å²) < 4.78 is 7.27. The van der Waals surface area contributed by atoms with Crippen LogP contribution >= 0.6 is 11.3 Å². The molecule has 0 unspecified atom stereocenters. The van der Waals surface area contributed by atoms with Crippen molar-refractivity contribution < 1.29 is 14.3 Å². The van der Waals surface area contributed by atoms with Crippen molar-refractivity contribution in [1.82, 2.24) is 4.57 Å². The second kappa shape index (κ2) is 5.72. The molecule has 1 heterocycles. The highest BCUT2D eigenvalue weighted by atomic mass is 32.1. The van der Waals surface area contributed by atoms with E-state index in [1.807, 2.05) is 0 Å². The van der Waals surface area contributed by atoms with Crippen LogP contribution in [-0.2, 0) is 16.1 Å². The lowest BCUT2D eigenvalue weighted by Gasteiger charge is -2.01. The summed E-state index contributed by atoms with van der Waals surface area (Å²) in [5.74, 6) is 1.83. The van der Waals surface area contributed by atoms with Gasteiger partial charge in [-0.25, -0.2) is 4.79 Å². The highest BCUT2D eigenvalue weighted by molar-refractivity contribution is 7.16. The molecule has 0 atom stereocenters. The van der Waals surface area contributed by atoms with E-state index in [9.17, 15) is 9.59 Å². The zero-order chi connectivity index (χ0) is 14.7. The number of benzene rings is 1. The van der Waals surface area contributed by atoms with Crippen LogP contribution < -0.4 is 4.80 Å². The smallest absolute Gasteiger partial charge is 0.337 e. The Morgan fingerprint density at radius 3 is 2.85 bits per heavy atom. The molecule has 1 amide bonds. The number of carbonyl (C=O) groups is 2. The van der Waals surface area contributed by atoms with Crippen LogP contribution in [0.3, 0.4) is 0 Å². The summed E-state index contributed by atoms with van der Waals surface area (Å²) in [5, 5.41) is 0. The number of hydrogen-bond acceptors (Lipinski definition) is 4. The summed E-state index contributed by atoms with van der Waals surface area (Å²) in [6, 6.07) is 5.14. The number of aromatic nitrogens is 1. The van der Waals surface area contributed by atoms with Gasteiger partial charge < -0.3 is 9.30 Å². The van der Waals surface area contributed by atoms with E-state index in [2.05, 4.69) is 15.6 Å². The van der Waals surface area contributed by atoms with Gasteiger partial charge in [0.25, 0.3) is 0 Å². The van der Waals surface area contributed by atoms with E-state index in [4.69, 9.17) is 6.42 Å². The number of ether oxygens (including phenoxy) is 1. The molecule has 0 N–H and O–H groups in total. The monoisotopic (exact) mass is 288 g/mol. The third kappa shape index (κ3) is 2.63. The first-order valence-electron chi connectivity index (χ1n) is 5.77. The van der Waals surface area contributed by atoms with Crippen molar-refractivity contribution in [2.45, 2.75) is 13.5 Å². The van der Waals surface area contributed by atoms with Crippen LogP contribution in [0.15, 0.2) is 23.2 Å². The molecule has 0 spiro atoms. The fourth-order valence-corrected chi connectivity index (χ4v) is 2.89. The Kier molecular flexibility index (Phi) is 4.01. The topological polar surface area (TPSA) is 60.7 Å². The summed E-state index contributed by atoms with van der Waals surface area (Å²) in [5.41, 5.74) is 1.28. The predicted octanol–water partition coefficient (Wildman–Crippen LogP) is 1.57. The van der Waals surface area contributed by atoms with Gasteiger partial charge in [0.1, 0.15) is 0 Å². The van der Waals surface area contributed by atoms with Crippen LogP contribution in [0, 0.1) is 12.3 Å². The van der Waals surface area contributed by atoms with Gasteiger partial charge in [0.15, 0.2) is 4.80 Å². The lowest BCUT2D eigenvalue weighted by atomic mass is 10.2. The average Bonchev–Trinajstić information content (AvgIpc) is 2.74. The second-order valence-corrected chi connectivity index (χ2v) is 4.99. The van der Waals surface area contributed by atoms with E-state index in [1.54, 1.807) is 22.8 Å². The second-order valence-electron chi connectivity index (χ2n) is 3.98. The van der Waals surface area contributed by atoms with Gasteiger partial charge >= 0.3 is 5.97 Å². The maximum Gasteiger partial charge on any atom is 0.337 e. The fourth-order valence-electron chi connectivity index (χ4n) is 1.78. The van der Waals surface area contributed by atoms with Crippen molar-refractivity contribution in [3.8, 4) is 12.3 Å². The molecule has 0 radical (unpaired) electrons. The molecule has 2 aromatic rings. The maximum atomic E-state index is 11.5. The zero-order valence-corrected chi connectivity index (χ0v) is 11.9. The number of terminal acetylenes is 1. The summed E-state index contributed by atoms with van der Waals surface area (Å²) in [4.78, 5) is 27.1. The molecule has 20 heavy (non-hydrogen) atoms. The number of hydrogen-bond donors (Lipinski definition) is 0. The van der Waals surface area contributed by atoms with E-state index in [1.165, 1.54) is 25.4 Å².